The summed E-state index contributed by atoms with van der Waals surface area (Å²) in [4.78, 5) is 0. The Balaban J connectivity index is 1.64. The number of ether oxygens (including phenoxy) is 2. The fourth-order valence-corrected chi connectivity index (χ4v) is 18.4. The first-order valence-electron chi connectivity index (χ1n) is 16.7. The van der Waals surface area contributed by atoms with Crippen molar-refractivity contribution in [2.24, 2.45) is 0 Å². The van der Waals surface area contributed by atoms with E-state index in [0.717, 1.165) is 12.8 Å². The summed E-state index contributed by atoms with van der Waals surface area (Å²) in [5.41, 5.74) is 1.29. The Morgan fingerprint density at radius 3 is 1.79 bits per heavy atom. The highest BCUT2D eigenvalue weighted by molar-refractivity contribution is 6.99. The van der Waals surface area contributed by atoms with E-state index >= 15 is 0 Å². The molecule has 7 heteroatoms. The zero-order chi connectivity index (χ0) is 31.6. The number of benzene rings is 2. The Kier molecular flexibility index (Phi) is 10.9. The smallest absolute Gasteiger partial charge is 0.261 e. The van der Waals surface area contributed by atoms with E-state index in [-0.39, 0.29) is 23.4 Å². The zero-order valence-corrected chi connectivity index (χ0v) is 30.4. The molecule has 2 aliphatic rings. The maximum Gasteiger partial charge on any atom is 0.261 e. The topological polar surface area (TPSA) is 57.2 Å². The van der Waals surface area contributed by atoms with Crippen molar-refractivity contribution >= 4 is 27.0 Å². The van der Waals surface area contributed by atoms with Crippen LogP contribution in [-0.4, -0.2) is 58.6 Å². The number of rotatable bonds is 11. The lowest BCUT2D eigenvalue weighted by Gasteiger charge is -2.51. The molecule has 5 nitrogen and oxygen atoms in total. The van der Waals surface area contributed by atoms with Crippen molar-refractivity contribution in [2.45, 2.75) is 147 Å². The summed E-state index contributed by atoms with van der Waals surface area (Å²) in [5, 5.41) is 14.3. The first-order chi connectivity index (χ1) is 20.2. The van der Waals surface area contributed by atoms with E-state index in [1.807, 2.05) is 0 Å². The van der Waals surface area contributed by atoms with Gasteiger partial charge in [0.1, 0.15) is 6.10 Å². The second-order valence-corrected chi connectivity index (χ2v) is 24.7. The molecule has 2 fully saturated rings. The third kappa shape index (κ3) is 6.65. The molecule has 0 amide bonds. The van der Waals surface area contributed by atoms with Gasteiger partial charge in [-0.1, -0.05) is 123 Å². The normalized spacial score (nSPS) is 27.1. The van der Waals surface area contributed by atoms with Gasteiger partial charge in [-0.05, 0) is 51.8 Å². The largest absolute Gasteiger partial charge is 0.410 e. The summed E-state index contributed by atoms with van der Waals surface area (Å²) >= 11 is 0. The fraction of sp³-hybridized carbons (Fsp3) is 0.667. The van der Waals surface area contributed by atoms with Gasteiger partial charge in [-0.15, -0.1) is 0 Å². The summed E-state index contributed by atoms with van der Waals surface area (Å²) in [6.07, 6.45) is 1.70. The van der Waals surface area contributed by atoms with E-state index in [9.17, 15) is 5.11 Å². The van der Waals surface area contributed by atoms with E-state index in [4.69, 9.17) is 18.3 Å². The maximum absolute atomic E-state index is 11.8. The van der Waals surface area contributed by atoms with Crippen LogP contribution < -0.4 is 10.4 Å². The van der Waals surface area contributed by atoms with E-state index < -0.39 is 28.5 Å². The average Bonchev–Trinajstić information content (AvgIpc) is 3.32. The van der Waals surface area contributed by atoms with E-state index in [0.29, 0.717) is 36.1 Å². The van der Waals surface area contributed by atoms with Crippen LogP contribution >= 0.6 is 0 Å². The molecule has 0 radical (unpaired) electrons. The minimum absolute atomic E-state index is 0.0460. The SMILES string of the molecule is CC(C)[Si](O[C@H]1C[C@@H](CCO[Si](c2ccccc2)(c2ccccc2)C(C)(C)C)O[C@]2(CC[C@@H](C)O2)[C@@H]1O)(C(C)C)C(C)C. The lowest BCUT2D eigenvalue weighted by atomic mass is 9.92. The molecule has 1 spiro atoms. The highest BCUT2D eigenvalue weighted by Gasteiger charge is 2.57. The molecule has 4 rings (SSSR count). The third-order valence-electron chi connectivity index (χ3n) is 10.2. The molecule has 0 unspecified atom stereocenters. The van der Waals surface area contributed by atoms with E-state index in [2.05, 4.69) is 130 Å². The maximum atomic E-state index is 11.8. The predicted octanol–water partition coefficient (Wildman–Crippen LogP) is 7.56. The Bertz CT molecular complexity index is 1090. The number of hydrogen-bond donors (Lipinski definition) is 1. The molecule has 0 saturated carbocycles. The van der Waals surface area contributed by atoms with Gasteiger partial charge in [0.25, 0.3) is 8.32 Å². The summed E-state index contributed by atoms with van der Waals surface area (Å²) in [6.45, 7) is 23.4. The van der Waals surface area contributed by atoms with Crippen molar-refractivity contribution in [1.82, 2.24) is 0 Å². The van der Waals surface area contributed by atoms with Crippen LogP contribution in [0.4, 0.5) is 0 Å². The highest BCUT2D eigenvalue weighted by atomic mass is 28.4. The second kappa shape index (κ2) is 13.6. The second-order valence-electron chi connectivity index (χ2n) is 15.0. The average molecular weight is 627 g/mol. The number of aliphatic hydroxyl groups is 1. The summed E-state index contributed by atoms with van der Waals surface area (Å²) in [6, 6.07) is 21.6. The van der Waals surface area contributed by atoms with Gasteiger partial charge in [0.15, 0.2) is 5.79 Å². The quantitative estimate of drug-likeness (QED) is 0.261. The van der Waals surface area contributed by atoms with E-state index in [1.54, 1.807) is 0 Å². The Morgan fingerprint density at radius 2 is 1.37 bits per heavy atom. The van der Waals surface area contributed by atoms with Crippen LogP contribution in [0.25, 0.3) is 0 Å². The monoisotopic (exact) mass is 626 g/mol. The standard InChI is InChI=1S/C36H58O5Si2/c1-26(2)42(27(3)4,28(5)6)41-33-25-30(40-36(34(33)37)23-21-29(7)39-36)22-24-38-43(35(8,9)10,31-17-13-11-14-18-31)32-19-15-12-16-20-32/h11-20,26-30,33-34,37H,21-25H2,1-10H3/t29-,30-,33+,34-,36-/m1/s1. The molecular weight excluding hydrogens is 569 g/mol. The Labute approximate surface area is 263 Å². The van der Waals surface area contributed by atoms with Gasteiger partial charge in [0.2, 0.25) is 8.32 Å². The van der Waals surface area contributed by atoms with Crippen LogP contribution in [0.3, 0.4) is 0 Å². The van der Waals surface area contributed by atoms with Crippen LogP contribution in [0.5, 0.6) is 0 Å². The van der Waals surface area contributed by atoms with Crippen molar-refractivity contribution in [1.29, 1.82) is 0 Å². The van der Waals surface area contributed by atoms with Gasteiger partial charge >= 0.3 is 0 Å². The predicted molar refractivity (Wildman–Crippen MR) is 182 cm³/mol. The van der Waals surface area contributed by atoms with Crippen molar-refractivity contribution in [3.63, 3.8) is 0 Å². The molecule has 2 aromatic rings. The van der Waals surface area contributed by atoms with Crippen LogP contribution in [-0.2, 0) is 18.3 Å². The molecule has 43 heavy (non-hydrogen) atoms. The van der Waals surface area contributed by atoms with E-state index in [1.165, 1.54) is 10.4 Å². The van der Waals surface area contributed by atoms with Crippen LogP contribution in [0.2, 0.25) is 21.7 Å². The van der Waals surface area contributed by atoms with Gasteiger partial charge in [-0.3, -0.25) is 0 Å². The van der Waals surface area contributed by atoms with Crippen LogP contribution in [0.15, 0.2) is 60.7 Å². The molecule has 2 aliphatic heterocycles. The first-order valence-corrected chi connectivity index (χ1v) is 20.7. The third-order valence-corrected chi connectivity index (χ3v) is 21.4. The minimum atomic E-state index is -2.66. The van der Waals surface area contributed by atoms with Gasteiger partial charge in [-0.25, -0.2) is 0 Å². The van der Waals surface area contributed by atoms with Crippen LogP contribution in [0.1, 0.15) is 94.9 Å². The number of hydrogen-bond acceptors (Lipinski definition) is 5. The molecule has 5 atom stereocenters. The van der Waals surface area contributed by atoms with Crippen molar-refractivity contribution in [3.8, 4) is 0 Å². The molecule has 0 aliphatic carbocycles. The molecule has 2 heterocycles. The molecular formula is C36H58O5Si2. The Hall–Kier alpha value is -1.33. The van der Waals surface area contributed by atoms with Crippen molar-refractivity contribution < 1.29 is 23.4 Å². The van der Waals surface area contributed by atoms with Gasteiger partial charge < -0.3 is 23.4 Å². The van der Waals surface area contributed by atoms with Gasteiger partial charge in [-0.2, -0.15) is 0 Å². The molecule has 2 aromatic carbocycles. The zero-order valence-electron chi connectivity index (χ0n) is 28.4. The number of aliphatic hydroxyl groups excluding tert-OH is 1. The fourth-order valence-electron chi connectivity index (χ4n) is 8.30. The van der Waals surface area contributed by atoms with Gasteiger partial charge in [0, 0.05) is 19.4 Å². The summed E-state index contributed by atoms with van der Waals surface area (Å²) in [7, 11) is -4.90. The van der Waals surface area contributed by atoms with Crippen LogP contribution in [0, 0.1) is 0 Å². The molecule has 2 saturated heterocycles. The molecule has 0 aromatic heterocycles. The summed E-state index contributed by atoms with van der Waals surface area (Å²) in [5.74, 6) is -1.02. The van der Waals surface area contributed by atoms with Gasteiger partial charge in [0.05, 0.1) is 18.3 Å². The molecule has 0 bridgehead atoms. The first kappa shape index (κ1) is 34.5. The summed E-state index contributed by atoms with van der Waals surface area (Å²) < 4.78 is 27.7. The lowest BCUT2D eigenvalue weighted by Crippen LogP contribution is -2.67. The Morgan fingerprint density at radius 1 is 0.860 bits per heavy atom. The highest BCUT2D eigenvalue weighted by Crippen LogP contribution is 2.48. The minimum Gasteiger partial charge on any atom is -0.410 e. The molecule has 1 N–H and O–H groups in total. The lowest BCUT2D eigenvalue weighted by molar-refractivity contribution is -0.330. The molecule has 240 valence electrons. The van der Waals surface area contributed by atoms with Crippen molar-refractivity contribution in [2.75, 3.05) is 6.61 Å². The van der Waals surface area contributed by atoms with Crippen molar-refractivity contribution in [3.05, 3.63) is 60.7 Å².